The van der Waals surface area contributed by atoms with E-state index < -0.39 is 25.1 Å². The number of benzene rings is 1. The van der Waals surface area contributed by atoms with Gasteiger partial charge < -0.3 is 0 Å². The third-order valence-corrected chi connectivity index (χ3v) is 6.79. The van der Waals surface area contributed by atoms with Gasteiger partial charge in [-0.15, -0.1) is 0 Å². The van der Waals surface area contributed by atoms with E-state index in [1.54, 1.807) is 30.4 Å². The van der Waals surface area contributed by atoms with Crippen molar-refractivity contribution in [1.29, 1.82) is 0 Å². The lowest BCUT2D eigenvalue weighted by Crippen LogP contribution is -2.31. The van der Waals surface area contributed by atoms with Crippen molar-refractivity contribution in [2.45, 2.75) is 30.4 Å². The third kappa shape index (κ3) is 4.78. The normalized spacial score (nSPS) is 19.0. The quantitative estimate of drug-likeness (QED) is 0.614. The SMILES string of the molecule is CC1=CCC(S(=O)(=O)N/N=C(\C)CS(=O)(=O)c2ccccc2)C=C1. The van der Waals surface area contributed by atoms with Crippen molar-refractivity contribution in [3.63, 3.8) is 0 Å². The molecule has 24 heavy (non-hydrogen) atoms. The van der Waals surface area contributed by atoms with E-state index in [9.17, 15) is 16.8 Å². The highest BCUT2D eigenvalue weighted by atomic mass is 32.2. The van der Waals surface area contributed by atoms with E-state index in [0.717, 1.165) is 5.57 Å². The van der Waals surface area contributed by atoms with Gasteiger partial charge in [-0.05, 0) is 32.4 Å². The molecule has 2 rings (SSSR count). The van der Waals surface area contributed by atoms with E-state index in [1.807, 2.05) is 13.0 Å². The molecule has 0 bridgehead atoms. The molecule has 1 atom stereocenters. The summed E-state index contributed by atoms with van der Waals surface area (Å²) in [6, 6.07) is 7.98. The van der Waals surface area contributed by atoms with Crippen molar-refractivity contribution in [3.8, 4) is 0 Å². The van der Waals surface area contributed by atoms with Crippen LogP contribution in [0.4, 0.5) is 0 Å². The molecule has 130 valence electrons. The number of sulfonamides is 1. The fourth-order valence-corrected chi connectivity index (χ4v) is 4.57. The largest absolute Gasteiger partial charge is 0.254 e. The maximum absolute atomic E-state index is 12.2. The first-order valence-corrected chi connectivity index (χ1v) is 10.6. The fraction of sp³-hybridized carbons (Fsp3) is 0.312. The second kappa shape index (κ2) is 7.31. The molecule has 0 aromatic heterocycles. The average Bonchev–Trinajstić information content (AvgIpc) is 2.54. The van der Waals surface area contributed by atoms with Crippen LogP contribution in [0.2, 0.25) is 0 Å². The molecule has 0 radical (unpaired) electrons. The molecule has 1 unspecified atom stereocenters. The average molecular weight is 368 g/mol. The summed E-state index contributed by atoms with van der Waals surface area (Å²) in [5.74, 6) is -0.348. The Morgan fingerprint density at radius 3 is 2.46 bits per heavy atom. The zero-order chi connectivity index (χ0) is 17.8. The summed E-state index contributed by atoms with van der Waals surface area (Å²) >= 11 is 0. The molecule has 0 saturated carbocycles. The van der Waals surface area contributed by atoms with Crippen molar-refractivity contribution in [3.05, 3.63) is 54.1 Å². The van der Waals surface area contributed by atoms with Crippen LogP contribution in [0.5, 0.6) is 0 Å². The van der Waals surface area contributed by atoms with Crippen LogP contribution in [0.25, 0.3) is 0 Å². The molecule has 1 aromatic rings. The van der Waals surface area contributed by atoms with Crippen LogP contribution in [0.3, 0.4) is 0 Å². The topological polar surface area (TPSA) is 92.7 Å². The Bertz CT molecular complexity index is 883. The summed E-state index contributed by atoms with van der Waals surface area (Å²) < 4.78 is 48.8. The molecule has 0 heterocycles. The highest BCUT2D eigenvalue weighted by Crippen LogP contribution is 2.16. The first-order chi connectivity index (χ1) is 11.2. The van der Waals surface area contributed by atoms with Gasteiger partial charge in [-0.3, -0.25) is 0 Å². The molecule has 6 nitrogen and oxygen atoms in total. The van der Waals surface area contributed by atoms with Crippen molar-refractivity contribution in [1.82, 2.24) is 4.83 Å². The number of hydrazone groups is 1. The molecule has 1 N–H and O–H groups in total. The minimum absolute atomic E-state index is 0.175. The minimum atomic E-state index is -3.69. The lowest BCUT2D eigenvalue weighted by Gasteiger charge is -2.15. The standard InChI is InChI=1S/C16H20N2O4S2/c1-13-8-10-16(11-9-13)24(21,22)18-17-14(2)12-23(19,20)15-6-4-3-5-7-15/h3-10,16,18H,11-12H2,1-2H3/b17-14+. The highest BCUT2D eigenvalue weighted by molar-refractivity contribution is 7.92. The monoisotopic (exact) mass is 368 g/mol. The Morgan fingerprint density at radius 1 is 1.21 bits per heavy atom. The van der Waals surface area contributed by atoms with Gasteiger partial charge in [0.15, 0.2) is 9.84 Å². The van der Waals surface area contributed by atoms with Gasteiger partial charge in [0.05, 0.1) is 16.4 Å². The maximum Gasteiger partial charge on any atom is 0.254 e. The first kappa shape index (κ1) is 18.4. The van der Waals surface area contributed by atoms with Crippen molar-refractivity contribution >= 4 is 25.6 Å². The second-order valence-electron chi connectivity index (χ2n) is 5.64. The summed E-state index contributed by atoms with van der Waals surface area (Å²) in [7, 11) is -7.23. The summed E-state index contributed by atoms with van der Waals surface area (Å²) in [6.07, 6.45) is 5.54. The van der Waals surface area contributed by atoms with Gasteiger partial charge in [0.2, 0.25) is 0 Å². The van der Waals surface area contributed by atoms with Crippen LogP contribution in [-0.2, 0) is 19.9 Å². The van der Waals surface area contributed by atoms with Crippen LogP contribution < -0.4 is 4.83 Å². The Balaban J connectivity index is 2.05. The summed E-state index contributed by atoms with van der Waals surface area (Å²) in [4.78, 5) is 2.31. The van der Waals surface area contributed by atoms with Crippen LogP contribution in [0.15, 0.2) is 64.1 Å². The molecular weight excluding hydrogens is 348 g/mol. The van der Waals surface area contributed by atoms with Gasteiger partial charge in [0, 0.05) is 0 Å². The van der Waals surface area contributed by atoms with Gasteiger partial charge in [-0.1, -0.05) is 42.0 Å². The predicted molar refractivity (Wildman–Crippen MR) is 95.0 cm³/mol. The van der Waals surface area contributed by atoms with E-state index in [-0.39, 0.29) is 16.4 Å². The zero-order valence-corrected chi connectivity index (χ0v) is 15.1. The maximum atomic E-state index is 12.2. The fourth-order valence-electron chi connectivity index (χ4n) is 2.17. The van der Waals surface area contributed by atoms with E-state index >= 15 is 0 Å². The lowest BCUT2D eigenvalue weighted by atomic mass is 10.1. The van der Waals surface area contributed by atoms with Gasteiger partial charge in [0.25, 0.3) is 10.0 Å². The number of sulfone groups is 1. The number of rotatable bonds is 6. The van der Waals surface area contributed by atoms with Crippen molar-refractivity contribution in [2.75, 3.05) is 5.75 Å². The van der Waals surface area contributed by atoms with Crippen LogP contribution >= 0.6 is 0 Å². The first-order valence-electron chi connectivity index (χ1n) is 7.37. The van der Waals surface area contributed by atoms with E-state index in [4.69, 9.17) is 0 Å². The van der Waals surface area contributed by atoms with E-state index in [2.05, 4.69) is 9.93 Å². The molecule has 0 fully saturated rings. The molecule has 8 heteroatoms. The third-order valence-electron chi connectivity index (χ3n) is 3.51. The molecule has 0 spiro atoms. The number of nitrogens with one attached hydrogen (secondary N) is 1. The Morgan fingerprint density at radius 2 is 1.88 bits per heavy atom. The molecule has 0 amide bonds. The smallest absolute Gasteiger partial charge is 0.223 e. The summed E-state index contributed by atoms with van der Waals surface area (Å²) in [6.45, 7) is 3.37. The van der Waals surface area contributed by atoms with Gasteiger partial charge in [-0.25, -0.2) is 21.7 Å². The van der Waals surface area contributed by atoms with E-state index in [0.29, 0.717) is 6.42 Å². The lowest BCUT2D eigenvalue weighted by molar-refractivity contribution is 0.575. The summed E-state index contributed by atoms with van der Waals surface area (Å²) in [5.41, 5.74) is 1.18. The predicted octanol–water partition coefficient (Wildman–Crippen LogP) is 2.03. The van der Waals surface area contributed by atoms with Crippen molar-refractivity contribution in [2.24, 2.45) is 5.10 Å². The number of nitrogens with zero attached hydrogens (tertiary/aromatic N) is 1. The van der Waals surface area contributed by atoms with Crippen LogP contribution in [0, 0.1) is 0 Å². The van der Waals surface area contributed by atoms with Crippen LogP contribution in [0.1, 0.15) is 20.3 Å². The second-order valence-corrected chi connectivity index (χ2v) is 9.50. The zero-order valence-electron chi connectivity index (χ0n) is 13.5. The van der Waals surface area contributed by atoms with Gasteiger partial charge in [-0.2, -0.15) is 5.10 Å². The Kier molecular flexibility index (Phi) is 5.61. The van der Waals surface area contributed by atoms with Gasteiger partial charge >= 0.3 is 0 Å². The molecular formula is C16H20N2O4S2. The Hall–Kier alpha value is -1.93. The molecule has 0 aliphatic heterocycles. The van der Waals surface area contributed by atoms with Gasteiger partial charge in [0.1, 0.15) is 5.25 Å². The molecule has 0 saturated heterocycles. The number of allylic oxidation sites excluding steroid dienone is 3. The van der Waals surface area contributed by atoms with E-state index in [1.165, 1.54) is 19.1 Å². The number of hydrogen-bond acceptors (Lipinski definition) is 5. The highest BCUT2D eigenvalue weighted by Gasteiger charge is 2.23. The molecule has 1 aliphatic rings. The summed E-state index contributed by atoms with van der Waals surface area (Å²) in [5, 5.41) is 3.04. The molecule has 1 aromatic carbocycles. The minimum Gasteiger partial charge on any atom is -0.223 e. The Labute approximate surface area is 142 Å². The molecule has 1 aliphatic carbocycles. The number of hydrogen-bond donors (Lipinski definition) is 1. The van der Waals surface area contributed by atoms with Crippen molar-refractivity contribution < 1.29 is 16.8 Å². The van der Waals surface area contributed by atoms with Crippen LogP contribution in [-0.4, -0.2) is 33.6 Å².